The van der Waals surface area contributed by atoms with Gasteiger partial charge in [-0.3, -0.25) is 0 Å². The molecule has 0 aromatic carbocycles. The van der Waals surface area contributed by atoms with Crippen LogP contribution in [0.2, 0.25) is 0 Å². The number of nitrogen functional groups attached to an aromatic ring is 1. The van der Waals surface area contributed by atoms with Gasteiger partial charge in [0.2, 0.25) is 0 Å². The predicted molar refractivity (Wildman–Crippen MR) is 68.3 cm³/mol. The SMILES string of the molecule is CC1CSCCN1S(=O)(=O)c1c(N)ncn1C. The molecule has 17 heavy (non-hydrogen) atoms. The maximum atomic E-state index is 12.5. The van der Waals surface area contributed by atoms with E-state index in [1.54, 1.807) is 18.8 Å². The average molecular weight is 276 g/mol. The Hall–Kier alpha value is -0.730. The molecule has 96 valence electrons. The highest BCUT2D eigenvalue weighted by Gasteiger charge is 2.34. The van der Waals surface area contributed by atoms with Crippen LogP contribution >= 0.6 is 11.8 Å². The van der Waals surface area contributed by atoms with E-state index in [9.17, 15) is 8.42 Å². The first-order valence-electron chi connectivity index (χ1n) is 5.31. The van der Waals surface area contributed by atoms with E-state index < -0.39 is 10.0 Å². The molecule has 2 rings (SSSR count). The molecule has 1 aliphatic heterocycles. The Morgan fingerprint density at radius 3 is 2.82 bits per heavy atom. The Kier molecular flexibility index (Phi) is 3.37. The molecule has 0 spiro atoms. The van der Waals surface area contributed by atoms with Crippen molar-refractivity contribution in [3.8, 4) is 0 Å². The third kappa shape index (κ3) is 2.16. The minimum atomic E-state index is -3.53. The fraction of sp³-hybridized carbons (Fsp3) is 0.667. The largest absolute Gasteiger partial charge is 0.381 e. The summed E-state index contributed by atoms with van der Waals surface area (Å²) in [6.07, 6.45) is 1.42. The van der Waals surface area contributed by atoms with Gasteiger partial charge in [0.1, 0.15) is 0 Å². The molecule has 1 unspecified atom stereocenters. The van der Waals surface area contributed by atoms with Crippen LogP contribution in [0.15, 0.2) is 11.4 Å². The zero-order valence-corrected chi connectivity index (χ0v) is 11.5. The van der Waals surface area contributed by atoms with E-state index in [4.69, 9.17) is 5.73 Å². The number of anilines is 1. The summed E-state index contributed by atoms with van der Waals surface area (Å²) in [6, 6.07) is -0.00644. The molecule has 2 N–H and O–H groups in total. The highest BCUT2D eigenvalue weighted by Crippen LogP contribution is 2.26. The summed E-state index contributed by atoms with van der Waals surface area (Å²) >= 11 is 1.77. The lowest BCUT2D eigenvalue weighted by atomic mass is 10.4. The van der Waals surface area contributed by atoms with Crippen molar-refractivity contribution in [3.05, 3.63) is 6.33 Å². The van der Waals surface area contributed by atoms with Gasteiger partial charge in [-0.1, -0.05) is 0 Å². The van der Waals surface area contributed by atoms with Crippen molar-refractivity contribution in [3.63, 3.8) is 0 Å². The van der Waals surface area contributed by atoms with Crippen molar-refractivity contribution in [2.45, 2.75) is 18.0 Å². The van der Waals surface area contributed by atoms with Gasteiger partial charge in [0.15, 0.2) is 10.8 Å². The number of hydrogen-bond acceptors (Lipinski definition) is 5. The van der Waals surface area contributed by atoms with Crippen LogP contribution in [0, 0.1) is 0 Å². The second-order valence-corrected chi connectivity index (χ2v) is 7.04. The summed E-state index contributed by atoms with van der Waals surface area (Å²) in [6.45, 7) is 2.44. The summed E-state index contributed by atoms with van der Waals surface area (Å²) in [5, 5.41) is 0.0938. The Bertz CT molecular complexity index is 492. The molecule has 1 aliphatic rings. The van der Waals surface area contributed by atoms with Gasteiger partial charge in [0, 0.05) is 31.1 Å². The Labute approximate surface area is 105 Å². The standard InChI is InChI=1S/C9H16N4O2S2/c1-7-5-16-4-3-13(7)17(14,15)9-8(10)11-6-12(9)2/h6-7H,3-5,10H2,1-2H3. The second-order valence-electron chi connectivity index (χ2n) is 4.09. The number of nitrogens with zero attached hydrogens (tertiary/aromatic N) is 3. The van der Waals surface area contributed by atoms with Gasteiger partial charge in [0.05, 0.1) is 6.33 Å². The first-order valence-corrected chi connectivity index (χ1v) is 7.90. The zero-order valence-electron chi connectivity index (χ0n) is 9.83. The lowest BCUT2D eigenvalue weighted by Crippen LogP contribution is -2.45. The van der Waals surface area contributed by atoms with E-state index in [0.717, 1.165) is 11.5 Å². The van der Waals surface area contributed by atoms with E-state index in [1.807, 2.05) is 6.92 Å². The topological polar surface area (TPSA) is 81.2 Å². The minimum Gasteiger partial charge on any atom is -0.381 e. The predicted octanol–water partition coefficient (Wildman–Crippen LogP) is 0.128. The van der Waals surface area contributed by atoms with Crippen LogP contribution in [0.3, 0.4) is 0 Å². The zero-order chi connectivity index (χ0) is 12.6. The molecule has 1 aromatic rings. The Morgan fingerprint density at radius 2 is 2.29 bits per heavy atom. The molecule has 2 heterocycles. The molecule has 0 saturated carbocycles. The fourth-order valence-electron chi connectivity index (χ4n) is 1.93. The van der Waals surface area contributed by atoms with Crippen LogP contribution in [0.1, 0.15) is 6.92 Å². The number of thioether (sulfide) groups is 1. The van der Waals surface area contributed by atoms with Crippen LogP contribution in [-0.2, 0) is 17.1 Å². The third-order valence-corrected chi connectivity index (χ3v) is 6.10. The fourth-order valence-corrected chi connectivity index (χ4v) is 4.98. The van der Waals surface area contributed by atoms with E-state index >= 15 is 0 Å². The van der Waals surface area contributed by atoms with E-state index in [0.29, 0.717) is 6.54 Å². The highest BCUT2D eigenvalue weighted by molar-refractivity contribution is 7.99. The molecule has 0 radical (unpaired) electrons. The molecule has 0 amide bonds. The van der Waals surface area contributed by atoms with Crippen molar-refractivity contribution >= 4 is 27.6 Å². The maximum absolute atomic E-state index is 12.5. The van der Waals surface area contributed by atoms with Crippen LogP contribution in [0.25, 0.3) is 0 Å². The lowest BCUT2D eigenvalue weighted by molar-refractivity contribution is 0.365. The Balaban J connectivity index is 2.42. The van der Waals surface area contributed by atoms with Gasteiger partial charge in [-0.15, -0.1) is 0 Å². The normalized spacial score (nSPS) is 22.8. The number of nitrogens with two attached hydrogens (primary N) is 1. The average Bonchev–Trinajstić information content (AvgIpc) is 2.59. The second kappa shape index (κ2) is 4.51. The summed E-state index contributed by atoms with van der Waals surface area (Å²) in [4.78, 5) is 3.83. The first kappa shape index (κ1) is 12.7. The van der Waals surface area contributed by atoms with Crippen LogP contribution in [0.5, 0.6) is 0 Å². The van der Waals surface area contributed by atoms with E-state index in [1.165, 1.54) is 15.2 Å². The maximum Gasteiger partial charge on any atom is 0.262 e. The molecule has 1 fully saturated rings. The van der Waals surface area contributed by atoms with Gasteiger partial charge in [0.25, 0.3) is 10.0 Å². The van der Waals surface area contributed by atoms with E-state index in [2.05, 4.69) is 4.98 Å². The molecule has 1 aromatic heterocycles. The number of sulfonamides is 1. The Morgan fingerprint density at radius 1 is 1.59 bits per heavy atom. The minimum absolute atomic E-state index is 0.00644. The summed E-state index contributed by atoms with van der Waals surface area (Å²) in [7, 11) is -1.90. The molecule has 0 bridgehead atoms. The molecular formula is C9H16N4O2S2. The first-order chi connectivity index (χ1) is 7.94. The van der Waals surface area contributed by atoms with Gasteiger partial charge in [-0.05, 0) is 6.92 Å². The van der Waals surface area contributed by atoms with Crippen molar-refractivity contribution < 1.29 is 8.42 Å². The molecule has 8 heteroatoms. The van der Waals surface area contributed by atoms with Crippen LogP contribution in [0.4, 0.5) is 5.82 Å². The molecule has 1 saturated heterocycles. The number of imidazole rings is 1. The molecule has 1 atom stereocenters. The van der Waals surface area contributed by atoms with Crippen molar-refractivity contribution in [1.29, 1.82) is 0 Å². The summed E-state index contributed by atoms with van der Waals surface area (Å²) in [5.41, 5.74) is 5.64. The number of rotatable bonds is 2. The van der Waals surface area contributed by atoms with Gasteiger partial charge in [-0.25, -0.2) is 13.4 Å². The number of aryl methyl sites for hydroxylation is 1. The van der Waals surface area contributed by atoms with E-state index in [-0.39, 0.29) is 16.9 Å². The monoisotopic (exact) mass is 276 g/mol. The summed E-state index contributed by atoms with van der Waals surface area (Å²) < 4.78 is 27.9. The summed E-state index contributed by atoms with van der Waals surface area (Å²) in [5.74, 6) is 1.70. The lowest BCUT2D eigenvalue weighted by Gasteiger charge is -2.31. The quantitative estimate of drug-likeness (QED) is 0.830. The van der Waals surface area contributed by atoms with Crippen LogP contribution in [-0.4, -0.2) is 46.4 Å². The number of aromatic nitrogens is 2. The molecule has 6 nitrogen and oxygen atoms in total. The molecule has 0 aliphatic carbocycles. The van der Waals surface area contributed by atoms with Crippen LogP contribution < -0.4 is 5.73 Å². The highest BCUT2D eigenvalue weighted by atomic mass is 32.2. The van der Waals surface area contributed by atoms with Gasteiger partial charge in [-0.2, -0.15) is 16.1 Å². The van der Waals surface area contributed by atoms with Crippen molar-refractivity contribution in [2.24, 2.45) is 7.05 Å². The van der Waals surface area contributed by atoms with Crippen molar-refractivity contribution in [2.75, 3.05) is 23.8 Å². The third-order valence-electron chi connectivity index (χ3n) is 2.77. The molecular weight excluding hydrogens is 260 g/mol. The van der Waals surface area contributed by atoms with Gasteiger partial charge < -0.3 is 10.3 Å². The number of hydrogen-bond donors (Lipinski definition) is 1. The smallest absolute Gasteiger partial charge is 0.262 e. The van der Waals surface area contributed by atoms with Gasteiger partial charge >= 0.3 is 0 Å². The van der Waals surface area contributed by atoms with Crippen molar-refractivity contribution in [1.82, 2.24) is 13.9 Å².